The monoisotopic (exact) mass is 440 g/mol. The van der Waals surface area contributed by atoms with E-state index in [-0.39, 0.29) is 23.4 Å². The Kier molecular flexibility index (Phi) is 4.60. The van der Waals surface area contributed by atoms with Crippen LogP contribution in [0.3, 0.4) is 0 Å². The summed E-state index contributed by atoms with van der Waals surface area (Å²) in [6.45, 7) is 1.85. The van der Waals surface area contributed by atoms with Gasteiger partial charge in [0.25, 0.3) is 0 Å². The highest BCUT2D eigenvalue weighted by Gasteiger charge is 2.42. The highest BCUT2D eigenvalue weighted by molar-refractivity contribution is 6.35. The van der Waals surface area contributed by atoms with Gasteiger partial charge in [0.2, 0.25) is 5.88 Å². The van der Waals surface area contributed by atoms with Crippen LogP contribution in [0.1, 0.15) is 47.1 Å². The van der Waals surface area contributed by atoms with Crippen molar-refractivity contribution in [3.05, 3.63) is 86.2 Å². The van der Waals surface area contributed by atoms with Crippen LogP contribution in [0.25, 0.3) is 0 Å². The first-order valence-electron chi connectivity index (χ1n) is 9.66. The molecular weight excluding hydrogens is 423 g/mol. The van der Waals surface area contributed by atoms with E-state index in [2.05, 4.69) is 10.5 Å². The van der Waals surface area contributed by atoms with Crippen LogP contribution in [0.2, 0.25) is 10.0 Å². The van der Waals surface area contributed by atoms with E-state index < -0.39 is 0 Å². The molecule has 0 saturated heterocycles. The average molecular weight is 441 g/mol. The fourth-order valence-corrected chi connectivity index (χ4v) is 5.09. The van der Waals surface area contributed by atoms with Crippen LogP contribution < -0.4 is 5.32 Å². The Labute approximate surface area is 183 Å². The second-order valence-electron chi connectivity index (χ2n) is 7.71. The van der Waals surface area contributed by atoms with Gasteiger partial charge in [0.1, 0.15) is 5.75 Å². The molecule has 5 rings (SSSR count). The summed E-state index contributed by atoms with van der Waals surface area (Å²) in [4.78, 5) is 13.4. The molecule has 0 amide bonds. The minimum absolute atomic E-state index is 0.0132. The molecule has 0 saturated carbocycles. The molecule has 1 aliphatic carbocycles. The number of rotatable bonds is 2. The number of hydrogen-bond donors (Lipinski definition) is 2. The Morgan fingerprint density at radius 2 is 1.93 bits per heavy atom. The zero-order valence-corrected chi connectivity index (χ0v) is 17.6. The number of nitrogens with one attached hydrogen (secondary N) is 1. The lowest BCUT2D eigenvalue weighted by Gasteiger charge is -2.34. The molecule has 2 aromatic carbocycles. The smallest absolute Gasteiger partial charge is 0.233 e. The number of aryl methyl sites for hydroxylation is 1. The Morgan fingerprint density at radius 3 is 2.70 bits per heavy atom. The Bertz CT molecular complexity index is 1210. The minimum Gasteiger partial charge on any atom is -0.508 e. The molecule has 0 fully saturated rings. The largest absolute Gasteiger partial charge is 0.508 e. The first-order valence-corrected chi connectivity index (χ1v) is 10.4. The third-order valence-electron chi connectivity index (χ3n) is 5.91. The number of Topliss-reactive ketones (excluding diaryl/α,β-unsaturated/α-hetero) is 1. The topological polar surface area (TPSA) is 75.4 Å². The van der Waals surface area contributed by atoms with Gasteiger partial charge in [-0.1, -0.05) is 52.6 Å². The van der Waals surface area contributed by atoms with Crippen LogP contribution in [-0.2, 0) is 4.79 Å². The van der Waals surface area contributed by atoms with Gasteiger partial charge in [-0.15, -0.1) is 0 Å². The molecule has 152 valence electrons. The van der Waals surface area contributed by atoms with Gasteiger partial charge < -0.3 is 14.9 Å². The normalized spacial score (nSPS) is 20.6. The number of phenolic OH excluding ortho intramolecular Hbond substituents is 1. The van der Waals surface area contributed by atoms with Gasteiger partial charge >= 0.3 is 0 Å². The molecule has 2 unspecified atom stereocenters. The SMILES string of the molecule is Cc1noc2c1C(c1ccc(Cl)cc1Cl)C1=C(CC(c3ccccc3O)CC1=O)N2. The van der Waals surface area contributed by atoms with Crippen molar-refractivity contribution >= 4 is 34.9 Å². The molecule has 0 radical (unpaired) electrons. The number of aromatic hydroxyl groups is 1. The number of carbonyl (C=O) groups excluding carboxylic acids is 1. The van der Waals surface area contributed by atoms with Crippen LogP contribution >= 0.6 is 23.2 Å². The zero-order chi connectivity index (χ0) is 21.0. The summed E-state index contributed by atoms with van der Waals surface area (Å²) in [7, 11) is 0. The first-order chi connectivity index (χ1) is 14.4. The van der Waals surface area contributed by atoms with Crippen molar-refractivity contribution in [2.45, 2.75) is 31.6 Å². The van der Waals surface area contributed by atoms with Gasteiger partial charge in [-0.05, 0) is 42.7 Å². The van der Waals surface area contributed by atoms with E-state index in [0.717, 1.165) is 22.4 Å². The van der Waals surface area contributed by atoms with E-state index in [1.165, 1.54) is 0 Å². The van der Waals surface area contributed by atoms with Crippen molar-refractivity contribution in [2.24, 2.45) is 0 Å². The third kappa shape index (κ3) is 3.01. The molecule has 2 N–H and O–H groups in total. The quantitative estimate of drug-likeness (QED) is 0.514. The summed E-state index contributed by atoms with van der Waals surface area (Å²) < 4.78 is 5.53. The third-order valence-corrected chi connectivity index (χ3v) is 6.47. The van der Waals surface area contributed by atoms with Crippen LogP contribution in [0.5, 0.6) is 5.75 Å². The fraction of sp³-hybridized carbons (Fsp3) is 0.217. The number of hydrogen-bond acceptors (Lipinski definition) is 5. The summed E-state index contributed by atoms with van der Waals surface area (Å²) in [5, 5.41) is 18.7. The predicted octanol–water partition coefficient (Wildman–Crippen LogP) is 5.95. The summed E-state index contributed by atoms with van der Waals surface area (Å²) in [6.07, 6.45) is 0.874. The molecule has 3 aromatic rings. The number of nitrogens with zero attached hydrogens (tertiary/aromatic N) is 1. The van der Waals surface area contributed by atoms with E-state index in [9.17, 15) is 9.90 Å². The lowest BCUT2D eigenvalue weighted by atomic mass is 9.72. The average Bonchev–Trinajstić information content (AvgIpc) is 3.07. The molecule has 1 aromatic heterocycles. The Morgan fingerprint density at radius 1 is 1.13 bits per heavy atom. The number of fused-ring (bicyclic) bond motifs is 1. The van der Waals surface area contributed by atoms with Crippen molar-refractivity contribution in [1.29, 1.82) is 0 Å². The second kappa shape index (κ2) is 7.18. The summed E-state index contributed by atoms with van der Waals surface area (Å²) >= 11 is 12.7. The molecule has 2 atom stereocenters. The fourth-order valence-electron chi connectivity index (χ4n) is 4.57. The summed E-state index contributed by atoms with van der Waals surface area (Å²) in [5.41, 5.74) is 4.52. The van der Waals surface area contributed by atoms with Crippen LogP contribution in [0, 0.1) is 6.92 Å². The minimum atomic E-state index is -0.384. The Balaban J connectivity index is 1.66. The van der Waals surface area contributed by atoms with Gasteiger partial charge in [0.15, 0.2) is 5.78 Å². The molecule has 2 aliphatic rings. The van der Waals surface area contributed by atoms with Crippen molar-refractivity contribution in [2.75, 3.05) is 5.32 Å². The maximum atomic E-state index is 13.4. The molecule has 30 heavy (non-hydrogen) atoms. The van der Waals surface area contributed by atoms with E-state index in [1.54, 1.807) is 24.3 Å². The number of para-hydroxylation sites is 1. The number of benzene rings is 2. The first kappa shape index (κ1) is 19.2. The number of carbonyl (C=O) groups is 1. The molecule has 7 heteroatoms. The van der Waals surface area contributed by atoms with Crippen LogP contribution in [0.15, 0.2) is 58.3 Å². The maximum Gasteiger partial charge on any atom is 0.233 e. The second-order valence-corrected chi connectivity index (χ2v) is 8.56. The molecule has 0 spiro atoms. The predicted molar refractivity (Wildman–Crippen MR) is 115 cm³/mol. The lowest BCUT2D eigenvalue weighted by Crippen LogP contribution is -2.29. The zero-order valence-electron chi connectivity index (χ0n) is 16.1. The van der Waals surface area contributed by atoms with E-state index in [1.807, 2.05) is 25.1 Å². The number of ketones is 1. The number of aromatic nitrogens is 1. The number of phenols is 1. The maximum absolute atomic E-state index is 13.4. The highest BCUT2D eigenvalue weighted by atomic mass is 35.5. The van der Waals surface area contributed by atoms with Gasteiger partial charge in [0, 0.05) is 39.6 Å². The molecule has 5 nitrogen and oxygen atoms in total. The van der Waals surface area contributed by atoms with Crippen molar-refractivity contribution < 1.29 is 14.4 Å². The standard InChI is InChI=1S/C23H18Cl2N2O3/c1-11-20-21(15-7-6-13(24)10-16(15)25)22-17(26-23(20)30-27-11)8-12(9-19(22)29)14-4-2-3-5-18(14)28/h2-7,10,12,21,26,28H,8-9H2,1H3. The Hall–Kier alpha value is -2.76. The van der Waals surface area contributed by atoms with Crippen molar-refractivity contribution in [3.63, 3.8) is 0 Å². The van der Waals surface area contributed by atoms with Crippen molar-refractivity contribution in [3.8, 4) is 5.75 Å². The molecule has 1 aliphatic heterocycles. The summed E-state index contributed by atoms with van der Waals surface area (Å²) in [5.74, 6) is 0.220. The molecule has 2 heterocycles. The number of anilines is 1. The van der Waals surface area contributed by atoms with E-state index in [4.69, 9.17) is 27.7 Å². The summed E-state index contributed by atoms with van der Waals surface area (Å²) in [6, 6.07) is 12.4. The number of halogens is 2. The van der Waals surface area contributed by atoms with E-state index >= 15 is 0 Å². The van der Waals surface area contributed by atoms with E-state index in [0.29, 0.717) is 40.0 Å². The van der Waals surface area contributed by atoms with Crippen LogP contribution in [0.4, 0.5) is 5.88 Å². The molecular formula is C23H18Cl2N2O3. The van der Waals surface area contributed by atoms with Gasteiger partial charge in [-0.25, -0.2) is 0 Å². The van der Waals surface area contributed by atoms with Crippen LogP contribution in [-0.4, -0.2) is 16.0 Å². The highest BCUT2D eigenvalue weighted by Crippen LogP contribution is 2.51. The van der Waals surface area contributed by atoms with Gasteiger partial charge in [-0.3, -0.25) is 4.79 Å². The number of allylic oxidation sites excluding steroid dienone is 2. The van der Waals surface area contributed by atoms with Gasteiger partial charge in [-0.2, -0.15) is 0 Å². The lowest BCUT2D eigenvalue weighted by molar-refractivity contribution is -0.116. The van der Waals surface area contributed by atoms with Crippen molar-refractivity contribution in [1.82, 2.24) is 5.16 Å². The van der Waals surface area contributed by atoms with Gasteiger partial charge in [0.05, 0.1) is 11.3 Å². The molecule has 0 bridgehead atoms.